The van der Waals surface area contributed by atoms with Crippen molar-refractivity contribution in [1.82, 2.24) is 10.6 Å². The number of piperidine rings is 1. The summed E-state index contributed by atoms with van der Waals surface area (Å²) in [4.78, 5) is 12.5. The number of hydrogen-bond acceptors (Lipinski definition) is 4. The van der Waals surface area contributed by atoms with Crippen molar-refractivity contribution in [3.05, 3.63) is 59.4 Å². The van der Waals surface area contributed by atoms with Gasteiger partial charge in [-0.25, -0.2) is 8.78 Å². The van der Waals surface area contributed by atoms with Crippen LogP contribution in [-0.4, -0.2) is 30.2 Å². The Labute approximate surface area is 173 Å². The number of nitrogens with zero attached hydrogens (tertiary/aromatic N) is 2. The van der Waals surface area contributed by atoms with E-state index in [0.717, 1.165) is 11.1 Å². The van der Waals surface area contributed by atoms with Crippen LogP contribution in [0.25, 0.3) is 11.1 Å². The Morgan fingerprint density at radius 1 is 1.17 bits per heavy atom. The Morgan fingerprint density at radius 3 is 2.50 bits per heavy atom. The number of nitrogens with one attached hydrogen (secondary N) is 2. The van der Waals surface area contributed by atoms with Crippen LogP contribution in [0.4, 0.5) is 8.78 Å². The second kappa shape index (κ2) is 8.22. The van der Waals surface area contributed by atoms with Crippen LogP contribution in [0.2, 0.25) is 0 Å². The number of hydrogen-bond donors (Lipinski definition) is 2. The fraction of sp³-hybridized carbons (Fsp3) is 0.348. The first-order valence-corrected chi connectivity index (χ1v) is 9.87. The highest BCUT2D eigenvalue weighted by Crippen LogP contribution is 2.37. The number of carbonyl (C=O) groups excluding carboxylic acids is 1. The zero-order chi connectivity index (χ0) is 21.3. The van der Waals surface area contributed by atoms with E-state index >= 15 is 0 Å². The van der Waals surface area contributed by atoms with Gasteiger partial charge in [0.2, 0.25) is 5.91 Å². The topological polar surface area (TPSA) is 88.7 Å². The number of fused-ring (bicyclic) bond motifs is 2. The summed E-state index contributed by atoms with van der Waals surface area (Å²) in [6.45, 7) is 0. The number of halogens is 2. The van der Waals surface area contributed by atoms with Crippen molar-refractivity contribution in [2.45, 2.75) is 43.6 Å². The van der Waals surface area contributed by atoms with Gasteiger partial charge in [-0.05, 0) is 41.7 Å². The molecule has 4 rings (SSSR count). The predicted octanol–water partition coefficient (Wildman–Crippen LogP) is 3.00. The van der Waals surface area contributed by atoms with Gasteiger partial charge in [-0.15, -0.1) is 0 Å². The molecule has 5 atom stereocenters. The number of alkyl halides is 1. The molecule has 2 aromatic carbocycles. The van der Waals surface area contributed by atoms with Gasteiger partial charge in [0, 0.05) is 18.4 Å². The first-order valence-electron chi connectivity index (χ1n) is 9.87. The smallest absolute Gasteiger partial charge is 0.238 e. The minimum absolute atomic E-state index is 0.00738. The maximum absolute atomic E-state index is 13.9. The number of nitriles is 2. The van der Waals surface area contributed by atoms with Crippen LogP contribution >= 0.6 is 0 Å². The molecule has 2 aromatic rings. The summed E-state index contributed by atoms with van der Waals surface area (Å²) in [6.07, 6.45) is 0.455. The third-order valence-electron chi connectivity index (χ3n) is 5.95. The summed E-state index contributed by atoms with van der Waals surface area (Å²) in [7, 11) is 0. The van der Waals surface area contributed by atoms with E-state index in [1.807, 2.05) is 12.1 Å². The molecule has 30 heavy (non-hydrogen) atoms. The number of rotatable bonds is 5. The molecule has 0 aromatic heterocycles. The van der Waals surface area contributed by atoms with E-state index < -0.39 is 24.1 Å². The van der Waals surface area contributed by atoms with Crippen LogP contribution in [0.5, 0.6) is 0 Å². The molecule has 2 bridgehead atoms. The number of carbonyl (C=O) groups is 1. The lowest BCUT2D eigenvalue weighted by Gasteiger charge is -2.26. The van der Waals surface area contributed by atoms with Crippen molar-refractivity contribution >= 4 is 5.91 Å². The van der Waals surface area contributed by atoms with Gasteiger partial charge in [0.05, 0.1) is 17.7 Å². The zero-order valence-corrected chi connectivity index (χ0v) is 16.1. The highest BCUT2D eigenvalue weighted by Gasteiger charge is 2.49. The highest BCUT2D eigenvalue weighted by molar-refractivity contribution is 5.83. The summed E-state index contributed by atoms with van der Waals surface area (Å²) < 4.78 is 27.8. The van der Waals surface area contributed by atoms with E-state index in [0.29, 0.717) is 24.8 Å². The Bertz CT molecular complexity index is 1040. The molecule has 1 aliphatic heterocycles. The van der Waals surface area contributed by atoms with Crippen molar-refractivity contribution in [3.8, 4) is 23.3 Å². The van der Waals surface area contributed by atoms with Gasteiger partial charge in [-0.1, -0.05) is 30.3 Å². The van der Waals surface area contributed by atoms with Crippen LogP contribution < -0.4 is 10.6 Å². The first-order chi connectivity index (χ1) is 14.5. The summed E-state index contributed by atoms with van der Waals surface area (Å²) in [5, 5.41) is 24.1. The van der Waals surface area contributed by atoms with Gasteiger partial charge < -0.3 is 10.6 Å². The second-order valence-corrected chi connectivity index (χ2v) is 7.89. The van der Waals surface area contributed by atoms with Crippen LogP contribution in [0.15, 0.2) is 42.5 Å². The van der Waals surface area contributed by atoms with Crippen LogP contribution in [0, 0.1) is 34.4 Å². The fourth-order valence-electron chi connectivity index (χ4n) is 4.39. The lowest BCUT2D eigenvalue weighted by Crippen LogP contribution is -2.52. The third kappa shape index (κ3) is 3.90. The average molecular weight is 406 g/mol. The van der Waals surface area contributed by atoms with Gasteiger partial charge in [0.25, 0.3) is 0 Å². The van der Waals surface area contributed by atoms with Crippen molar-refractivity contribution in [1.29, 1.82) is 10.5 Å². The summed E-state index contributed by atoms with van der Waals surface area (Å²) in [6, 6.07) is 14.3. The molecule has 3 unspecified atom stereocenters. The first kappa shape index (κ1) is 20.0. The minimum atomic E-state index is -0.966. The molecule has 1 aliphatic carbocycles. The average Bonchev–Trinajstić information content (AvgIpc) is 3.33. The predicted molar refractivity (Wildman–Crippen MR) is 106 cm³/mol. The SMILES string of the molecule is N#Cc1ccc(-c2ccc(CC(C#N)NC(=O)[C@H]3N[C@@H]4CC(F)C3C4)cc2)cc1F. The molecule has 1 amide bonds. The van der Waals surface area contributed by atoms with Crippen molar-refractivity contribution in [2.75, 3.05) is 0 Å². The Hall–Kier alpha value is -3.29. The number of benzene rings is 2. The van der Waals surface area contributed by atoms with Gasteiger partial charge >= 0.3 is 0 Å². The van der Waals surface area contributed by atoms with Crippen molar-refractivity contribution < 1.29 is 13.6 Å². The zero-order valence-electron chi connectivity index (χ0n) is 16.1. The lowest BCUT2D eigenvalue weighted by atomic mass is 9.96. The monoisotopic (exact) mass is 406 g/mol. The van der Waals surface area contributed by atoms with Crippen LogP contribution in [0.1, 0.15) is 24.0 Å². The molecular formula is C23H20F2N4O. The molecule has 2 fully saturated rings. The molecular weight excluding hydrogens is 386 g/mol. The van der Waals surface area contributed by atoms with E-state index in [1.165, 1.54) is 12.1 Å². The van der Waals surface area contributed by atoms with Crippen LogP contribution in [-0.2, 0) is 11.2 Å². The molecule has 1 saturated heterocycles. The van der Waals surface area contributed by atoms with E-state index in [9.17, 15) is 18.8 Å². The molecule has 5 nitrogen and oxygen atoms in total. The molecule has 7 heteroatoms. The Balaban J connectivity index is 1.39. The summed E-state index contributed by atoms with van der Waals surface area (Å²) >= 11 is 0. The molecule has 2 N–H and O–H groups in total. The minimum Gasteiger partial charge on any atom is -0.339 e. The van der Waals surface area contributed by atoms with Gasteiger partial charge in [-0.2, -0.15) is 10.5 Å². The number of amides is 1. The molecule has 1 saturated carbocycles. The molecule has 2 aliphatic rings. The van der Waals surface area contributed by atoms with Crippen molar-refractivity contribution in [3.63, 3.8) is 0 Å². The van der Waals surface area contributed by atoms with E-state index in [-0.39, 0.29) is 23.4 Å². The Morgan fingerprint density at radius 2 is 1.90 bits per heavy atom. The van der Waals surface area contributed by atoms with Gasteiger partial charge in [-0.3, -0.25) is 4.79 Å². The Kier molecular flexibility index (Phi) is 5.48. The second-order valence-electron chi connectivity index (χ2n) is 7.89. The van der Waals surface area contributed by atoms with E-state index in [1.54, 1.807) is 24.3 Å². The van der Waals surface area contributed by atoms with Gasteiger partial charge in [0.15, 0.2) is 0 Å². The van der Waals surface area contributed by atoms with Crippen molar-refractivity contribution in [2.24, 2.45) is 5.92 Å². The highest BCUT2D eigenvalue weighted by atomic mass is 19.1. The molecule has 0 radical (unpaired) electrons. The maximum atomic E-state index is 13.9. The molecule has 0 spiro atoms. The summed E-state index contributed by atoms with van der Waals surface area (Å²) in [5.74, 6) is -1.22. The largest absolute Gasteiger partial charge is 0.339 e. The van der Waals surface area contributed by atoms with Gasteiger partial charge in [0.1, 0.15) is 24.1 Å². The van der Waals surface area contributed by atoms with Crippen LogP contribution in [0.3, 0.4) is 0 Å². The fourth-order valence-corrected chi connectivity index (χ4v) is 4.39. The maximum Gasteiger partial charge on any atom is 0.238 e. The van der Waals surface area contributed by atoms with E-state index in [4.69, 9.17) is 5.26 Å². The third-order valence-corrected chi connectivity index (χ3v) is 5.95. The summed E-state index contributed by atoms with van der Waals surface area (Å²) in [5.41, 5.74) is 2.25. The normalized spacial score (nSPS) is 25.3. The standard InChI is InChI=1S/C23H20F2N4O/c24-20-8-15(5-6-16(20)11-26)14-3-1-13(2-4-14)7-18(12-27)29-23(30)22-19-9-17(28-22)10-21(19)25/h1-6,8,17-19,21-22,28H,7,9-10H2,(H,29,30)/t17-,18?,19?,21?,22-/m0/s1. The molecule has 152 valence electrons. The quantitative estimate of drug-likeness (QED) is 0.799. The van der Waals surface area contributed by atoms with E-state index in [2.05, 4.69) is 16.7 Å². The lowest BCUT2D eigenvalue weighted by molar-refractivity contribution is -0.125. The molecule has 1 heterocycles.